The molecule has 0 radical (unpaired) electrons. The molecule has 1 aromatic heterocycles. The topological polar surface area (TPSA) is 98.6 Å². The van der Waals surface area contributed by atoms with Crippen LogP contribution >= 0.6 is 0 Å². The smallest absolute Gasteiger partial charge is 0.276 e. The number of likely N-dealkylation sites (tertiary alicyclic amines) is 1. The molecule has 3 aromatic rings. The summed E-state index contributed by atoms with van der Waals surface area (Å²) in [6.07, 6.45) is 0.855. The van der Waals surface area contributed by atoms with Crippen LogP contribution in [0.5, 0.6) is 5.75 Å². The van der Waals surface area contributed by atoms with Crippen molar-refractivity contribution in [2.75, 3.05) is 25.5 Å². The summed E-state index contributed by atoms with van der Waals surface area (Å²) in [5.74, 6) is -0.00866. The Kier molecular flexibility index (Phi) is 6.45. The lowest BCUT2D eigenvalue weighted by Gasteiger charge is -2.31. The highest BCUT2D eigenvalue weighted by molar-refractivity contribution is 5.94. The summed E-state index contributed by atoms with van der Waals surface area (Å²) in [6.45, 7) is 1.52. The zero-order valence-electron chi connectivity index (χ0n) is 19.3. The number of methoxy groups -OCH3 is 1. The van der Waals surface area contributed by atoms with Gasteiger partial charge in [-0.15, -0.1) is 5.10 Å². The fraction of sp³-hybridized carbons (Fsp3) is 0.360. The summed E-state index contributed by atoms with van der Waals surface area (Å²) in [5, 5.41) is 11.2. The number of anilines is 1. The number of piperidine rings is 1. The van der Waals surface area contributed by atoms with E-state index in [1.807, 2.05) is 0 Å². The number of rotatable bonds is 5. The molecule has 1 fully saturated rings. The minimum atomic E-state index is -0.305. The van der Waals surface area contributed by atoms with Gasteiger partial charge in [0.1, 0.15) is 17.7 Å². The summed E-state index contributed by atoms with van der Waals surface area (Å²) in [5.41, 5.74) is 2.47. The van der Waals surface area contributed by atoms with Crippen LogP contribution in [0.2, 0.25) is 0 Å². The Labute approximate surface area is 201 Å². The maximum absolute atomic E-state index is 13.2. The van der Waals surface area contributed by atoms with Crippen molar-refractivity contribution in [2.45, 2.75) is 32.1 Å². The van der Waals surface area contributed by atoms with Crippen LogP contribution in [0.25, 0.3) is 0 Å². The third-order valence-electron chi connectivity index (χ3n) is 6.55. The van der Waals surface area contributed by atoms with E-state index in [4.69, 9.17) is 9.47 Å². The molecule has 5 rings (SSSR count). The average Bonchev–Trinajstić information content (AvgIpc) is 3.32. The van der Waals surface area contributed by atoms with Crippen molar-refractivity contribution in [3.05, 3.63) is 71.3 Å². The first kappa shape index (κ1) is 23.0. The summed E-state index contributed by atoms with van der Waals surface area (Å²) in [7, 11) is 1.59. The fourth-order valence-electron chi connectivity index (χ4n) is 4.47. The molecule has 1 saturated heterocycles. The van der Waals surface area contributed by atoms with Gasteiger partial charge in [0.25, 0.3) is 5.91 Å². The Hall–Kier alpha value is -3.79. The molecule has 0 spiro atoms. The number of hydrogen-bond donors (Lipinski definition) is 1. The second-order valence-electron chi connectivity index (χ2n) is 8.70. The average molecular weight is 480 g/mol. The van der Waals surface area contributed by atoms with Crippen LogP contribution in [0.4, 0.5) is 10.1 Å². The molecule has 2 aliphatic heterocycles. The number of carbonyl (C=O) groups excluding carboxylic acids is 2. The molecule has 2 amide bonds. The molecule has 0 saturated carbocycles. The first-order chi connectivity index (χ1) is 17.0. The highest BCUT2D eigenvalue weighted by Crippen LogP contribution is 2.28. The molecule has 2 aliphatic rings. The molecule has 0 bridgehead atoms. The van der Waals surface area contributed by atoms with Crippen LogP contribution in [-0.4, -0.2) is 51.9 Å². The van der Waals surface area contributed by atoms with E-state index in [0.29, 0.717) is 43.9 Å². The Morgan fingerprint density at radius 3 is 2.49 bits per heavy atom. The van der Waals surface area contributed by atoms with Gasteiger partial charge in [-0.1, -0.05) is 17.3 Å². The fourth-order valence-corrected chi connectivity index (χ4v) is 4.47. The predicted octanol–water partition coefficient (Wildman–Crippen LogP) is 3.19. The molecule has 35 heavy (non-hydrogen) atoms. The Morgan fingerprint density at radius 1 is 1.09 bits per heavy atom. The minimum absolute atomic E-state index is 0.0523. The lowest BCUT2D eigenvalue weighted by molar-refractivity contribution is -0.121. The van der Waals surface area contributed by atoms with Gasteiger partial charge in [0.2, 0.25) is 5.91 Å². The molecule has 0 aliphatic carbocycles. The summed E-state index contributed by atoms with van der Waals surface area (Å²) in [6, 6.07) is 13.3. The van der Waals surface area contributed by atoms with Gasteiger partial charge in [-0.25, -0.2) is 9.07 Å². The summed E-state index contributed by atoms with van der Waals surface area (Å²) < 4.78 is 26.0. The molecule has 1 N–H and O–H groups in total. The van der Waals surface area contributed by atoms with Crippen molar-refractivity contribution in [3.8, 4) is 5.75 Å². The lowest BCUT2D eigenvalue weighted by Crippen LogP contribution is -2.42. The Morgan fingerprint density at radius 2 is 1.80 bits per heavy atom. The van der Waals surface area contributed by atoms with Crippen molar-refractivity contribution in [1.29, 1.82) is 0 Å². The second kappa shape index (κ2) is 9.83. The maximum Gasteiger partial charge on any atom is 0.276 e. The molecule has 182 valence electrons. The van der Waals surface area contributed by atoms with Crippen molar-refractivity contribution >= 4 is 17.5 Å². The van der Waals surface area contributed by atoms with E-state index in [2.05, 4.69) is 15.6 Å². The number of ether oxygens (including phenoxy) is 2. The van der Waals surface area contributed by atoms with E-state index < -0.39 is 0 Å². The molecule has 3 heterocycles. The van der Waals surface area contributed by atoms with Crippen molar-refractivity contribution in [3.63, 3.8) is 0 Å². The Balaban J connectivity index is 1.17. The van der Waals surface area contributed by atoms with E-state index in [9.17, 15) is 14.0 Å². The summed E-state index contributed by atoms with van der Waals surface area (Å²) >= 11 is 0. The van der Waals surface area contributed by atoms with Crippen molar-refractivity contribution < 1.29 is 23.5 Å². The molecule has 1 atom stereocenters. The van der Waals surface area contributed by atoms with Gasteiger partial charge in [0.15, 0.2) is 5.69 Å². The Bertz CT molecular complexity index is 1200. The minimum Gasteiger partial charge on any atom is -0.497 e. The number of aromatic nitrogens is 3. The van der Waals surface area contributed by atoms with Crippen LogP contribution in [0.15, 0.2) is 48.5 Å². The van der Waals surface area contributed by atoms with Gasteiger partial charge in [0.05, 0.1) is 26.0 Å². The highest BCUT2D eigenvalue weighted by atomic mass is 19.1. The number of nitrogens with zero attached hydrogens (tertiary/aromatic N) is 4. The molecule has 10 heteroatoms. The molecule has 2 aromatic carbocycles. The largest absolute Gasteiger partial charge is 0.497 e. The number of halogens is 1. The van der Waals surface area contributed by atoms with Crippen LogP contribution < -0.4 is 10.1 Å². The SMILES string of the molecule is COc1ccc(NC(=O)C2CCN(C(=O)c3nnn4c3CO[C@@H](c3ccc(F)cc3)C4)CC2)cc1. The van der Waals surface area contributed by atoms with Gasteiger partial charge >= 0.3 is 0 Å². The van der Waals surface area contributed by atoms with Gasteiger partial charge in [-0.2, -0.15) is 0 Å². The van der Waals surface area contributed by atoms with Gasteiger partial charge in [-0.05, 0) is 54.8 Å². The number of hydrogen-bond acceptors (Lipinski definition) is 6. The number of amides is 2. The van der Waals surface area contributed by atoms with E-state index >= 15 is 0 Å². The van der Waals surface area contributed by atoms with E-state index in [-0.39, 0.29) is 42.0 Å². The lowest BCUT2D eigenvalue weighted by atomic mass is 9.95. The molecule has 9 nitrogen and oxygen atoms in total. The van der Waals surface area contributed by atoms with Gasteiger partial charge in [-0.3, -0.25) is 9.59 Å². The monoisotopic (exact) mass is 479 g/mol. The summed E-state index contributed by atoms with van der Waals surface area (Å²) in [4.78, 5) is 27.5. The third-order valence-corrected chi connectivity index (χ3v) is 6.55. The van der Waals surface area contributed by atoms with Crippen LogP contribution in [-0.2, 0) is 22.7 Å². The maximum atomic E-state index is 13.2. The van der Waals surface area contributed by atoms with E-state index in [1.54, 1.807) is 53.1 Å². The number of benzene rings is 2. The quantitative estimate of drug-likeness (QED) is 0.604. The first-order valence-corrected chi connectivity index (χ1v) is 11.6. The van der Waals surface area contributed by atoms with Gasteiger partial charge < -0.3 is 19.7 Å². The molecular weight excluding hydrogens is 453 g/mol. The van der Waals surface area contributed by atoms with E-state index in [0.717, 1.165) is 11.3 Å². The first-order valence-electron chi connectivity index (χ1n) is 11.6. The van der Waals surface area contributed by atoms with Crippen LogP contribution in [0.1, 0.15) is 40.7 Å². The van der Waals surface area contributed by atoms with Crippen molar-refractivity contribution in [2.24, 2.45) is 5.92 Å². The highest BCUT2D eigenvalue weighted by Gasteiger charge is 2.33. The zero-order chi connectivity index (χ0) is 24.4. The standard InChI is InChI=1S/C25H26FN5O4/c1-34-20-8-6-19(7-9-20)27-24(32)17-10-12-30(13-11-17)25(33)23-21-15-35-22(14-31(21)29-28-23)16-2-4-18(26)5-3-16/h2-9,17,22H,10-15H2,1H3,(H,27,32)/t22-/m1/s1. The number of fused-ring (bicyclic) bond motifs is 1. The van der Waals surface area contributed by atoms with E-state index in [1.165, 1.54) is 12.1 Å². The van der Waals surface area contributed by atoms with Crippen LogP contribution in [0, 0.1) is 11.7 Å². The zero-order valence-corrected chi connectivity index (χ0v) is 19.3. The van der Waals surface area contributed by atoms with Crippen LogP contribution in [0.3, 0.4) is 0 Å². The second-order valence-corrected chi connectivity index (χ2v) is 8.70. The normalized spacial score (nSPS) is 18.1. The molecule has 0 unspecified atom stereocenters. The van der Waals surface area contributed by atoms with Crippen molar-refractivity contribution in [1.82, 2.24) is 19.9 Å². The van der Waals surface area contributed by atoms with Gasteiger partial charge in [0, 0.05) is 24.7 Å². The predicted molar refractivity (Wildman–Crippen MR) is 124 cm³/mol. The third kappa shape index (κ3) is 4.88. The number of carbonyl (C=O) groups is 2. The molecular formula is C25H26FN5O4. The number of nitrogens with one attached hydrogen (secondary N) is 1.